The van der Waals surface area contributed by atoms with Gasteiger partial charge in [0, 0.05) is 13.1 Å². The monoisotopic (exact) mass is 362 g/mol. The van der Waals surface area contributed by atoms with Crippen molar-refractivity contribution >= 4 is 17.7 Å². The summed E-state index contributed by atoms with van der Waals surface area (Å²) < 4.78 is 0. The lowest BCUT2D eigenvalue weighted by molar-refractivity contribution is -0.135. The second-order valence-electron chi connectivity index (χ2n) is 7.94. The molecule has 0 bridgehead atoms. The van der Waals surface area contributed by atoms with Crippen LogP contribution in [0.3, 0.4) is 0 Å². The summed E-state index contributed by atoms with van der Waals surface area (Å²) in [5.41, 5.74) is 2.19. The van der Waals surface area contributed by atoms with Crippen LogP contribution in [-0.2, 0) is 11.3 Å². The van der Waals surface area contributed by atoms with Crippen molar-refractivity contribution in [2.45, 2.75) is 33.4 Å². The Morgan fingerprint density at radius 2 is 1.59 bits per heavy atom. The number of nitrogens with zero attached hydrogens (tertiary/aromatic N) is 2. The van der Waals surface area contributed by atoms with Gasteiger partial charge in [-0.25, -0.2) is 0 Å². The van der Waals surface area contributed by atoms with Gasteiger partial charge >= 0.3 is 0 Å². The van der Waals surface area contributed by atoms with Crippen LogP contribution in [0.5, 0.6) is 0 Å². The van der Waals surface area contributed by atoms with Crippen molar-refractivity contribution in [3.05, 3.63) is 70.8 Å². The highest BCUT2D eigenvalue weighted by Gasteiger charge is 2.54. The van der Waals surface area contributed by atoms with E-state index in [9.17, 15) is 14.4 Å². The number of carbonyl (C=O) groups is 3. The third kappa shape index (κ3) is 2.65. The molecule has 0 N–H and O–H groups in total. The van der Waals surface area contributed by atoms with E-state index in [-0.39, 0.29) is 17.7 Å². The molecular formula is C22H22N2O3. The summed E-state index contributed by atoms with van der Waals surface area (Å²) in [5, 5.41) is 0. The molecule has 2 aliphatic rings. The van der Waals surface area contributed by atoms with Gasteiger partial charge in [0.05, 0.1) is 22.6 Å². The molecule has 138 valence electrons. The zero-order valence-corrected chi connectivity index (χ0v) is 15.7. The largest absolute Gasteiger partial charge is 0.336 e. The van der Waals surface area contributed by atoms with Crippen molar-refractivity contribution in [2.24, 2.45) is 5.41 Å². The molecule has 0 radical (unpaired) electrons. The van der Waals surface area contributed by atoms with Crippen LogP contribution in [0.1, 0.15) is 45.7 Å². The zero-order chi connectivity index (χ0) is 19.3. The number of aryl methyl sites for hydroxylation is 1. The van der Waals surface area contributed by atoms with Gasteiger partial charge in [0.15, 0.2) is 0 Å². The van der Waals surface area contributed by atoms with E-state index in [4.69, 9.17) is 0 Å². The third-order valence-corrected chi connectivity index (χ3v) is 5.66. The van der Waals surface area contributed by atoms with Crippen LogP contribution < -0.4 is 0 Å². The molecule has 27 heavy (non-hydrogen) atoms. The first-order chi connectivity index (χ1) is 12.8. The molecule has 1 atom stereocenters. The minimum absolute atomic E-state index is 0.0365. The predicted molar refractivity (Wildman–Crippen MR) is 101 cm³/mol. The second kappa shape index (κ2) is 6.05. The SMILES string of the molecule is Cc1cccc(CN2CC(N3C(=O)c4ccccc4C3=O)C(C)(C)C2=O)c1. The lowest BCUT2D eigenvalue weighted by Gasteiger charge is -2.30. The molecular weight excluding hydrogens is 340 g/mol. The molecule has 4 rings (SSSR count). The molecule has 2 heterocycles. The zero-order valence-electron chi connectivity index (χ0n) is 15.7. The fraction of sp³-hybridized carbons (Fsp3) is 0.318. The Balaban J connectivity index is 1.64. The molecule has 0 aromatic heterocycles. The maximum Gasteiger partial charge on any atom is 0.261 e. The minimum atomic E-state index is -0.822. The van der Waals surface area contributed by atoms with Gasteiger partial charge in [-0.2, -0.15) is 0 Å². The predicted octanol–water partition coefficient (Wildman–Crippen LogP) is 3.03. The number of carbonyl (C=O) groups excluding carboxylic acids is 3. The topological polar surface area (TPSA) is 57.7 Å². The number of hydrogen-bond donors (Lipinski definition) is 0. The summed E-state index contributed by atoms with van der Waals surface area (Å²) in [6.07, 6.45) is 0. The molecule has 2 aromatic carbocycles. The Hall–Kier alpha value is -2.95. The number of imide groups is 1. The van der Waals surface area contributed by atoms with Gasteiger partial charge in [0.1, 0.15) is 0 Å². The van der Waals surface area contributed by atoms with Gasteiger partial charge in [-0.3, -0.25) is 19.3 Å². The normalized spacial score (nSPS) is 21.1. The first-order valence-electron chi connectivity index (χ1n) is 9.12. The molecule has 0 saturated carbocycles. The number of likely N-dealkylation sites (tertiary alicyclic amines) is 1. The van der Waals surface area contributed by atoms with Crippen LogP contribution in [-0.4, -0.2) is 40.1 Å². The van der Waals surface area contributed by atoms with E-state index in [0.717, 1.165) is 11.1 Å². The summed E-state index contributed by atoms with van der Waals surface area (Å²) in [7, 11) is 0. The molecule has 1 saturated heterocycles. The fourth-order valence-corrected chi connectivity index (χ4v) is 4.13. The van der Waals surface area contributed by atoms with E-state index < -0.39 is 11.5 Å². The summed E-state index contributed by atoms with van der Waals surface area (Å²) in [4.78, 5) is 41.8. The van der Waals surface area contributed by atoms with Crippen LogP contribution >= 0.6 is 0 Å². The van der Waals surface area contributed by atoms with Crippen molar-refractivity contribution in [1.29, 1.82) is 0 Å². The lowest BCUT2D eigenvalue weighted by atomic mass is 9.86. The van der Waals surface area contributed by atoms with Gasteiger partial charge in [-0.15, -0.1) is 0 Å². The molecule has 0 aliphatic carbocycles. The van der Waals surface area contributed by atoms with Gasteiger partial charge < -0.3 is 4.90 Å². The smallest absolute Gasteiger partial charge is 0.261 e. The lowest BCUT2D eigenvalue weighted by Crippen LogP contribution is -2.48. The van der Waals surface area contributed by atoms with Gasteiger partial charge in [0.2, 0.25) is 5.91 Å². The van der Waals surface area contributed by atoms with Crippen molar-refractivity contribution in [1.82, 2.24) is 9.80 Å². The molecule has 5 nitrogen and oxygen atoms in total. The third-order valence-electron chi connectivity index (χ3n) is 5.66. The van der Waals surface area contributed by atoms with Crippen LogP contribution in [0.4, 0.5) is 0 Å². The van der Waals surface area contributed by atoms with Crippen molar-refractivity contribution in [2.75, 3.05) is 6.54 Å². The number of benzene rings is 2. The van der Waals surface area contributed by atoms with Crippen molar-refractivity contribution in [3.63, 3.8) is 0 Å². The van der Waals surface area contributed by atoms with Crippen LogP contribution in [0.25, 0.3) is 0 Å². The molecule has 2 aromatic rings. The Bertz CT molecular complexity index is 929. The molecule has 0 spiro atoms. The van der Waals surface area contributed by atoms with E-state index in [2.05, 4.69) is 6.07 Å². The van der Waals surface area contributed by atoms with Crippen molar-refractivity contribution < 1.29 is 14.4 Å². The first-order valence-corrected chi connectivity index (χ1v) is 9.12. The van der Waals surface area contributed by atoms with Gasteiger partial charge in [-0.1, -0.05) is 42.0 Å². The average molecular weight is 362 g/mol. The molecule has 5 heteroatoms. The summed E-state index contributed by atoms with van der Waals surface area (Å²) >= 11 is 0. The van der Waals surface area contributed by atoms with E-state index in [1.165, 1.54) is 4.90 Å². The number of fused-ring (bicyclic) bond motifs is 1. The highest BCUT2D eigenvalue weighted by Crippen LogP contribution is 2.39. The average Bonchev–Trinajstić information content (AvgIpc) is 3.01. The Morgan fingerprint density at radius 1 is 0.963 bits per heavy atom. The van der Waals surface area contributed by atoms with Gasteiger partial charge in [0.25, 0.3) is 11.8 Å². The molecule has 1 fully saturated rings. The minimum Gasteiger partial charge on any atom is -0.336 e. The van der Waals surface area contributed by atoms with Gasteiger partial charge in [-0.05, 0) is 38.5 Å². The Kier molecular flexibility index (Phi) is 3.91. The Labute approximate surface area is 158 Å². The van der Waals surface area contributed by atoms with E-state index in [1.54, 1.807) is 29.2 Å². The summed E-state index contributed by atoms with van der Waals surface area (Å²) in [6.45, 7) is 6.48. The quantitative estimate of drug-likeness (QED) is 0.789. The van der Waals surface area contributed by atoms with E-state index in [1.807, 2.05) is 39.0 Å². The maximum absolute atomic E-state index is 13.0. The van der Waals surface area contributed by atoms with Crippen molar-refractivity contribution in [3.8, 4) is 0 Å². The number of rotatable bonds is 3. The Morgan fingerprint density at radius 3 is 2.19 bits per heavy atom. The number of amides is 3. The molecule has 3 amide bonds. The summed E-state index contributed by atoms with van der Waals surface area (Å²) in [5.74, 6) is -0.650. The van der Waals surface area contributed by atoms with Crippen LogP contribution in [0.15, 0.2) is 48.5 Å². The highest BCUT2D eigenvalue weighted by atomic mass is 16.2. The first kappa shape index (κ1) is 17.5. The van der Waals surface area contributed by atoms with E-state index >= 15 is 0 Å². The summed E-state index contributed by atoms with van der Waals surface area (Å²) in [6, 6.07) is 14.4. The molecule has 2 aliphatic heterocycles. The maximum atomic E-state index is 13.0. The van der Waals surface area contributed by atoms with Crippen LogP contribution in [0, 0.1) is 12.3 Å². The molecule has 1 unspecified atom stereocenters. The van der Waals surface area contributed by atoms with Crippen LogP contribution in [0.2, 0.25) is 0 Å². The highest BCUT2D eigenvalue weighted by molar-refractivity contribution is 6.21. The second-order valence-corrected chi connectivity index (χ2v) is 7.94. The van der Waals surface area contributed by atoms with E-state index in [0.29, 0.717) is 24.2 Å². The standard InChI is InChI=1S/C22H22N2O3/c1-14-7-6-8-15(11-14)12-23-13-18(22(2,3)21(23)27)24-19(25)16-9-4-5-10-17(16)20(24)26/h4-11,18H,12-13H2,1-3H3. The fourth-order valence-electron chi connectivity index (χ4n) is 4.13. The number of hydrogen-bond acceptors (Lipinski definition) is 3.